The van der Waals surface area contributed by atoms with Crippen LogP contribution < -0.4 is 5.30 Å². The first-order valence-corrected chi connectivity index (χ1v) is 9.12. The number of hydrogen-bond donors (Lipinski definition) is 1. The van der Waals surface area contributed by atoms with E-state index in [4.69, 9.17) is 14.2 Å². The minimum atomic E-state index is -3.48. The Morgan fingerprint density at radius 2 is 1.83 bits per heavy atom. The zero-order chi connectivity index (χ0) is 17.9. The third kappa shape index (κ3) is 3.59. The van der Waals surface area contributed by atoms with E-state index in [1.54, 1.807) is 32.0 Å². The van der Waals surface area contributed by atoms with E-state index < -0.39 is 13.6 Å². The van der Waals surface area contributed by atoms with Crippen molar-refractivity contribution in [2.24, 2.45) is 0 Å². The van der Waals surface area contributed by atoms with E-state index in [0.29, 0.717) is 21.8 Å². The van der Waals surface area contributed by atoms with Crippen LogP contribution in [0, 0.1) is 0 Å². The first kappa shape index (κ1) is 18.4. The fourth-order valence-electron chi connectivity index (χ4n) is 2.54. The van der Waals surface area contributed by atoms with Crippen molar-refractivity contribution in [1.29, 1.82) is 0 Å². The molecule has 1 aromatic heterocycles. The van der Waals surface area contributed by atoms with Gasteiger partial charge in [0.05, 0.1) is 18.5 Å². The molecule has 0 aliphatic carbocycles. The number of carboxylic acids is 1. The number of aromatic nitrogens is 1. The number of carboxylic acid groups (broad SMARTS) is 1. The fraction of sp³-hybridized carbons (Fsp3) is 0.375. The number of ketones is 1. The number of carbonyl (C=O) groups excluding carboxylic acids is 1. The molecule has 8 heteroatoms. The van der Waals surface area contributed by atoms with Crippen molar-refractivity contribution in [3.05, 3.63) is 30.0 Å². The first-order chi connectivity index (χ1) is 11.3. The molecular formula is C16H20NO6P. The van der Waals surface area contributed by atoms with Crippen LogP contribution in [0.25, 0.3) is 10.9 Å². The Kier molecular flexibility index (Phi) is 5.59. The summed E-state index contributed by atoms with van der Waals surface area (Å²) in [6.07, 6.45) is 1.50. The Morgan fingerprint density at radius 1 is 1.21 bits per heavy atom. The zero-order valence-electron chi connectivity index (χ0n) is 13.8. The molecule has 0 unspecified atom stereocenters. The Morgan fingerprint density at radius 3 is 2.33 bits per heavy atom. The van der Waals surface area contributed by atoms with Crippen molar-refractivity contribution in [3.63, 3.8) is 0 Å². The Labute approximate surface area is 139 Å². The van der Waals surface area contributed by atoms with E-state index in [1.165, 1.54) is 17.7 Å². The van der Waals surface area contributed by atoms with Crippen molar-refractivity contribution < 1.29 is 28.3 Å². The molecule has 0 bridgehead atoms. The molecule has 0 aliphatic rings. The molecule has 1 heterocycles. The smallest absolute Gasteiger partial charge is 0.361 e. The van der Waals surface area contributed by atoms with E-state index in [-0.39, 0.29) is 25.5 Å². The molecule has 1 N–H and O–H groups in total. The van der Waals surface area contributed by atoms with Crippen molar-refractivity contribution in [2.75, 3.05) is 13.2 Å². The predicted molar refractivity (Wildman–Crippen MR) is 90.1 cm³/mol. The lowest BCUT2D eigenvalue weighted by atomic mass is 10.1. The van der Waals surface area contributed by atoms with Crippen LogP contribution in [0.3, 0.4) is 0 Å². The Bertz CT molecular complexity index is 815. The van der Waals surface area contributed by atoms with Gasteiger partial charge in [-0.1, -0.05) is 0 Å². The van der Waals surface area contributed by atoms with E-state index in [9.17, 15) is 14.2 Å². The van der Waals surface area contributed by atoms with Crippen LogP contribution in [0.5, 0.6) is 0 Å². The van der Waals surface area contributed by atoms with Crippen LogP contribution in [0.15, 0.2) is 24.4 Å². The summed E-state index contributed by atoms with van der Waals surface area (Å²) in [5, 5.41) is 9.88. The molecule has 0 saturated carbocycles. The van der Waals surface area contributed by atoms with Crippen molar-refractivity contribution in [1.82, 2.24) is 4.57 Å². The van der Waals surface area contributed by atoms with Crippen LogP contribution in [0.2, 0.25) is 0 Å². The van der Waals surface area contributed by atoms with E-state index in [1.807, 2.05) is 0 Å². The largest absolute Gasteiger partial charge is 0.480 e. The molecule has 1 aromatic carbocycles. The molecule has 0 fully saturated rings. The SMILES string of the molecule is CCOP(=O)(OCC)c1ccc2c(c1)c(C(C)=O)cn2CC(=O)O. The highest BCUT2D eigenvalue weighted by atomic mass is 31.2. The quantitative estimate of drug-likeness (QED) is 0.579. The summed E-state index contributed by atoms with van der Waals surface area (Å²) in [6, 6.07) is 4.79. The molecule has 130 valence electrons. The second kappa shape index (κ2) is 7.30. The zero-order valence-corrected chi connectivity index (χ0v) is 14.7. The second-order valence-corrected chi connectivity index (χ2v) is 7.18. The minimum Gasteiger partial charge on any atom is -0.480 e. The van der Waals surface area contributed by atoms with Crippen LogP contribution in [-0.2, 0) is 25.0 Å². The number of Topliss-reactive ketones (excluding diaryl/α,β-unsaturated/α-hetero) is 1. The average molecular weight is 353 g/mol. The number of nitrogens with zero attached hydrogens (tertiary/aromatic N) is 1. The van der Waals surface area contributed by atoms with Crippen LogP contribution >= 0.6 is 7.60 Å². The highest BCUT2D eigenvalue weighted by Crippen LogP contribution is 2.47. The maximum Gasteiger partial charge on any atom is 0.361 e. The third-order valence-electron chi connectivity index (χ3n) is 3.46. The lowest BCUT2D eigenvalue weighted by Crippen LogP contribution is -2.11. The topological polar surface area (TPSA) is 94.8 Å². The van der Waals surface area contributed by atoms with Gasteiger partial charge < -0.3 is 18.7 Å². The standard InChI is InChI=1S/C16H20NO6P/c1-4-22-24(21,23-5-2)12-6-7-15-13(8-12)14(11(3)18)9-17(15)10-16(19)20/h6-9H,4-5,10H2,1-3H3,(H,19,20). The van der Waals surface area contributed by atoms with Crippen LogP contribution in [-0.4, -0.2) is 34.6 Å². The molecule has 7 nitrogen and oxygen atoms in total. The number of aliphatic carboxylic acids is 1. The van der Waals surface area contributed by atoms with E-state index >= 15 is 0 Å². The van der Waals surface area contributed by atoms with Gasteiger partial charge in [0.2, 0.25) is 0 Å². The van der Waals surface area contributed by atoms with Gasteiger partial charge in [-0.25, -0.2) is 0 Å². The molecule has 0 saturated heterocycles. The highest BCUT2D eigenvalue weighted by molar-refractivity contribution is 7.62. The maximum absolute atomic E-state index is 12.9. The van der Waals surface area contributed by atoms with Gasteiger partial charge in [0.25, 0.3) is 0 Å². The van der Waals surface area contributed by atoms with Crippen LogP contribution in [0.1, 0.15) is 31.1 Å². The lowest BCUT2D eigenvalue weighted by Gasteiger charge is -2.17. The number of hydrogen-bond acceptors (Lipinski definition) is 5. The van der Waals surface area contributed by atoms with Gasteiger partial charge in [-0.2, -0.15) is 0 Å². The molecule has 0 aliphatic heterocycles. The summed E-state index contributed by atoms with van der Waals surface area (Å²) in [5.41, 5.74) is 0.943. The normalized spacial score (nSPS) is 11.8. The fourth-order valence-corrected chi connectivity index (χ4v) is 4.14. The predicted octanol–water partition coefficient (Wildman–Crippen LogP) is 2.82. The molecule has 24 heavy (non-hydrogen) atoms. The van der Waals surface area contributed by atoms with Gasteiger partial charge in [-0.3, -0.25) is 14.2 Å². The molecule has 0 amide bonds. The molecule has 0 atom stereocenters. The summed E-state index contributed by atoms with van der Waals surface area (Å²) in [5.74, 6) is -1.22. The molecule has 2 aromatic rings. The summed E-state index contributed by atoms with van der Waals surface area (Å²) < 4.78 is 25.0. The monoisotopic (exact) mass is 353 g/mol. The number of carbonyl (C=O) groups is 2. The minimum absolute atomic E-state index is 0.205. The van der Waals surface area contributed by atoms with Gasteiger partial charge in [0.1, 0.15) is 6.54 Å². The number of benzene rings is 1. The van der Waals surface area contributed by atoms with Gasteiger partial charge in [-0.05, 0) is 39.0 Å². The molecular weight excluding hydrogens is 333 g/mol. The van der Waals surface area contributed by atoms with E-state index in [0.717, 1.165) is 0 Å². The average Bonchev–Trinajstić information content (AvgIpc) is 2.85. The second-order valence-electron chi connectivity index (χ2n) is 5.16. The van der Waals surface area contributed by atoms with Gasteiger partial charge in [0.15, 0.2) is 5.78 Å². The van der Waals surface area contributed by atoms with Crippen LogP contribution in [0.4, 0.5) is 0 Å². The van der Waals surface area contributed by atoms with Crippen molar-refractivity contribution >= 4 is 35.6 Å². The number of fused-ring (bicyclic) bond motifs is 1. The Hall–Kier alpha value is -1.95. The maximum atomic E-state index is 12.9. The highest BCUT2D eigenvalue weighted by Gasteiger charge is 2.28. The van der Waals surface area contributed by atoms with Crippen molar-refractivity contribution in [2.45, 2.75) is 27.3 Å². The lowest BCUT2D eigenvalue weighted by molar-refractivity contribution is -0.137. The number of rotatable bonds is 8. The third-order valence-corrected chi connectivity index (χ3v) is 5.57. The van der Waals surface area contributed by atoms with Gasteiger partial charge >= 0.3 is 13.6 Å². The van der Waals surface area contributed by atoms with E-state index in [2.05, 4.69) is 0 Å². The summed E-state index contributed by atoms with van der Waals surface area (Å²) in [4.78, 5) is 22.9. The van der Waals surface area contributed by atoms with Gasteiger partial charge in [0, 0.05) is 22.7 Å². The molecule has 0 spiro atoms. The summed E-state index contributed by atoms with van der Waals surface area (Å²) in [6.45, 7) is 5.00. The van der Waals surface area contributed by atoms with Crippen molar-refractivity contribution in [3.8, 4) is 0 Å². The summed E-state index contributed by atoms with van der Waals surface area (Å²) >= 11 is 0. The summed E-state index contributed by atoms with van der Waals surface area (Å²) in [7, 11) is -3.48. The Balaban J connectivity index is 2.64. The first-order valence-electron chi connectivity index (χ1n) is 7.57. The molecule has 0 radical (unpaired) electrons. The molecule has 2 rings (SSSR count). The van der Waals surface area contributed by atoms with Gasteiger partial charge in [-0.15, -0.1) is 0 Å².